The fourth-order valence-corrected chi connectivity index (χ4v) is 3.68. The summed E-state index contributed by atoms with van der Waals surface area (Å²) >= 11 is 4.79. The molecule has 1 heterocycles. The van der Waals surface area contributed by atoms with Gasteiger partial charge in [0.25, 0.3) is 5.91 Å². The van der Waals surface area contributed by atoms with Gasteiger partial charge in [0.05, 0.1) is 17.7 Å². The van der Waals surface area contributed by atoms with Crippen molar-refractivity contribution in [3.8, 4) is 23.8 Å². The summed E-state index contributed by atoms with van der Waals surface area (Å²) in [5.74, 6) is 3.28. The summed E-state index contributed by atoms with van der Waals surface area (Å²) in [5.41, 5.74) is 2.72. The van der Waals surface area contributed by atoms with Gasteiger partial charge in [0, 0.05) is 4.47 Å². The first kappa shape index (κ1) is 20.1. The summed E-state index contributed by atoms with van der Waals surface area (Å²) in [6.07, 6.45) is 7.01. The normalized spacial score (nSPS) is 16.1. The van der Waals surface area contributed by atoms with Crippen LogP contribution >= 0.6 is 27.7 Å². The molecule has 0 radical (unpaired) electrons. The molecule has 0 aliphatic carbocycles. The first-order chi connectivity index (χ1) is 13.5. The Morgan fingerprint density at radius 1 is 1.29 bits per heavy atom. The molecule has 0 unspecified atom stereocenters. The van der Waals surface area contributed by atoms with Crippen molar-refractivity contribution in [2.45, 2.75) is 6.92 Å². The Morgan fingerprint density at radius 2 is 2.04 bits per heavy atom. The van der Waals surface area contributed by atoms with Crippen LogP contribution < -0.4 is 14.8 Å². The fraction of sp³-hybridized carbons (Fsp3) is 0.143. The number of thioether (sulfide) groups is 1. The lowest BCUT2D eigenvalue weighted by Crippen LogP contribution is -2.19. The number of nitrogens with zero attached hydrogens (tertiary/aromatic N) is 1. The zero-order chi connectivity index (χ0) is 20.1. The molecule has 2 aromatic rings. The Balaban J connectivity index is 1.86. The quantitative estimate of drug-likeness (QED) is 0.524. The number of benzene rings is 2. The highest BCUT2D eigenvalue weighted by Crippen LogP contribution is 2.36. The van der Waals surface area contributed by atoms with Crippen LogP contribution in [-0.2, 0) is 4.79 Å². The van der Waals surface area contributed by atoms with E-state index in [4.69, 9.17) is 15.9 Å². The molecule has 0 saturated carbocycles. The van der Waals surface area contributed by atoms with Crippen molar-refractivity contribution in [3.05, 3.63) is 56.9 Å². The molecule has 2 aromatic carbocycles. The lowest BCUT2D eigenvalue weighted by molar-refractivity contribution is -0.115. The summed E-state index contributed by atoms with van der Waals surface area (Å²) < 4.78 is 11.6. The highest BCUT2D eigenvalue weighted by molar-refractivity contribution is 9.10. The van der Waals surface area contributed by atoms with E-state index in [1.54, 1.807) is 25.3 Å². The molecule has 1 fully saturated rings. The Hall–Kier alpha value is -2.69. The van der Waals surface area contributed by atoms with Gasteiger partial charge in [-0.2, -0.15) is 0 Å². The van der Waals surface area contributed by atoms with Crippen molar-refractivity contribution in [2.75, 3.05) is 13.7 Å². The molecule has 1 aliphatic heterocycles. The first-order valence-electron chi connectivity index (χ1n) is 8.30. The molecular formula is C21H17BrN2O3S. The maximum atomic E-state index is 12.3. The largest absolute Gasteiger partial charge is 0.493 e. The van der Waals surface area contributed by atoms with Crippen molar-refractivity contribution in [1.29, 1.82) is 0 Å². The smallest absolute Gasteiger partial charge is 0.264 e. The van der Waals surface area contributed by atoms with Crippen molar-refractivity contribution < 1.29 is 14.3 Å². The number of hydrogen-bond donors (Lipinski definition) is 1. The molecule has 5 nitrogen and oxygen atoms in total. The molecule has 1 N–H and O–H groups in total. The second kappa shape index (κ2) is 9.00. The molecule has 1 aliphatic rings. The Morgan fingerprint density at radius 3 is 2.71 bits per heavy atom. The number of amides is 1. The maximum absolute atomic E-state index is 12.3. The van der Waals surface area contributed by atoms with E-state index in [-0.39, 0.29) is 12.5 Å². The van der Waals surface area contributed by atoms with E-state index in [0.717, 1.165) is 21.3 Å². The fourth-order valence-electron chi connectivity index (χ4n) is 2.41. The molecule has 3 rings (SSSR count). The van der Waals surface area contributed by atoms with E-state index in [9.17, 15) is 4.79 Å². The number of amidine groups is 1. The number of hydrogen-bond acceptors (Lipinski definition) is 5. The average molecular weight is 457 g/mol. The topological polar surface area (TPSA) is 59.9 Å². The minimum absolute atomic E-state index is 0.139. The number of carbonyl (C=O) groups is 1. The van der Waals surface area contributed by atoms with Crippen molar-refractivity contribution >= 4 is 50.5 Å². The van der Waals surface area contributed by atoms with E-state index in [2.05, 4.69) is 32.2 Å². The van der Waals surface area contributed by atoms with E-state index in [1.807, 2.05) is 31.2 Å². The maximum Gasteiger partial charge on any atom is 0.264 e. The minimum atomic E-state index is -0.200. The number of aliphatic imine (C=N–C) groups is 1. The zero-order valence-corrected chi connectivity index (χ0v) is 17.7. The van der Waals surface area contributed by atoms with Gasteiger partial charge in [-0.25, -0.2) is 4.99 Å². The molecule has 0 aromatic heterocycles. The third-order valence-electron chi connectivity index (χ3n) is 3.80. The highest BCUT2D eigenvalue weighted by atomic mass is 79.9. The third-order valence-corrected chi connectivity index (χ3v) is 5.39. The number of aryl methyl sites for hydroxylation is 1. The first-order valence-corrected chi connectivity index (χ1v) is 9.91. The lowest BCUT2D eigenvalue weighted by Gasteiger charge is -2.11. The van der Waals surface area contributed by atoms with Crippen LogP contribution in [0.4, 0.5) is 5.69 Å². The highest BCUT2D eigenvalue weighted by Gasteiger charge is 2.24. The van der Waals surface area contributed by atoms with Gasteiger partial charge in [-0.15, -0.1) is 6.42 Å². The monoisotopic (exact) mass is 456 g/mol. The third kappa shape index (κ3) is 4.77. The van der Waals surface area contributed by atoms with Gasteiger partial charge in [0.2, 0.25) is 0 Å². The average Bonchev–Trinajstić information content (AvgIpc) is 3.02. The molecule has 1 amide bonds. The molecule has 0 atom stereocenters. The van der Waals surface area contributed by atoms with Crippen LogP contribution in [0.25, 0.3) is 6.08 Å². The number of halogens is 1. The molecule has 142 valence electrons. The van der Waals surface area contributed by atoms with Gasteiger partial charge in [-0.1, -0.05) is 39.5 Å². The summed E-state index contributed by atoms with van der Waals surface area (Å²) in [6, 6.07) is 11.3. The number of carbonyl (C=O) groups excluding carboxylic acids is 1. The Bertz CT molecular complexity index is 1010. The van der Waals surface area contributed by atoms with E-state index >= 15 is 0 Å². The molecule has 0 spiro atoms. The van der Waals surface area contributed by atoms with Gasteiger partial charge >= 0.3 is 0 Å². The summed E-state index contributed by atoms with van der Waals surface area (Å²) in [5, 5.41) is 3.33. The van der Waals surface area contributed by atoms with E-state index in [1.165, 1.54) is 11.8 Å². The number of methoxy groups -OCH3 is 1. The summed E-state index contributed by atoms with van der Waals surface area (Å²) in [7, 11) is 1.55. The SMILES string of the molecule is C#CCOc1cc(Br)c(/C=C2/SC(=Nc3ccc(C)cc3)NC2=O)cc1OC. The predicted molar refractivity (Wildman–Crippen MR) is 117 cm³/mol. The molecule has 1 saturated heterocycles. The second-order valence-corrected chi connectivity index (χ2v) is 7.72. The van der Waals surface area contributed by atoms with Crippen LogP contribution in [0.15, 0.2) is 50.8 Å². The predicted octanol–water partition coefficient (Wildman–Crippen LogP) is 4.67. The number of terminal acetylenes is 1. The van der Waals surface area contributed by atoms with Crippen molar-refractivity contribution in [3.63, 3.8) is 0 Å². The van der Waals surface area contributed by atoms with Crippen molar-refractivity contribution in [1.82, 2.24) is 5.32 Å². The van der Waals surface area contributed by atoms with E-state index < -0.39 is 0 Å². The zero-order valence-electron chi connectivity index (χ0n) is 15.3. The Kier molecular flexibility index (Phi) is 6.45. The van der Waals surface area contributed by atoms with E-state index in [0.29, 0.717) is 21.6 Å². The van der Waals surface area contributed by atoms with Crippen LogP contribution in [0.1, 0.15) is 11.1 Å². The van der Waals surface area contributed by atoms with Crippen LogP contribution in [0.3, 0.4) is 0 Å². The van der Waals surface area contributed by atoms with Gasteiger partial charge in [-0.3, -0.25) is 4.79 Å². The van der Waals surface area contributed by atoms with Crippen LogP contribution in [0, 0.1) is 19.3 Å². The number of ether oxygens (including phenoxy) is 2. The van der Waals surface area contributed by atoms with Crippen molar-refractivity contribution in [2.24, 2.45) is 4.99 Å². The Labute approximate surface area is 176 Å². The standard InChI is InChI=1S/C21H17BrN2O3S/c1-4-9-27-18-12-16(22)14(10-17(18)26-3)11-19-20(25)24-21(28-19)23-15-7-5-13(2)6-8-15/h1,5-8,10-12H,9H2,2-3H3,(H,23,24,25)/b19-11+. The molecular weight excluding hydrogens is 440 g/mol. The van der Waals surface area contributed by atoms with Crippen LogP contribution in [0.5, 0.6) is 11.5 Å². The lowest BCUT2D eigenvalue weighted by atomic mass is 10.2. The second-order valence-electron chi connectivity index (χ2n) is 5.83. The molecule has 28 heavy (non-hydrogen) atoms. The van der Waals surface area contributed by atoms with Crippen LogP contribution in [0.2, 0.25) is 0 Å². The summed E-state index contributed by atoms with van der Waals surface area (Å²) in [6.45, 7) is 2.15. The van der Waals surface area contributed by atoms with Gasteiger partial charge in [0.1, 0.15) is 6.61 Å². The summed E-state index contributed by atoms with van der Waals surface area (Å²) in [4.78, 5) is 17.3. The number of nitrogens with one attached hydrogen (secondary N) is 1. The number of rotatable bonds is 5. The van der Waals surface area contributed by atoms with Gasteiger partial charge in [-0.05, 0) is 54.6 Å². The minimum Gasteiger partial charge on any atom is -0.493 e. The van der Waals surface area contributed by atoms with Crippen LogP contribution in [-0.4, -0.2) is 24.8 Å². The molecule has 7 heteroatoms. The van der Waals surface area contributed by atoms with Gasteiger partial charge < -0.3 is 14.8 Å². The molecule has 0 bridgehead atoms. The van der Waals surface area contributed by atoms with Gasteiger partial charge in [0.15, 0.2) is 16.7 Å².